The zero-order valence-corrected chi connectivity index (χ0v) is 11.1. The molecular weight excluding hydrogens is 192 g/mol. The van der Waals surface area contributed by atoms with E-state index in [-0.39, 0.29) is 0 Å². The summed E-state index contributed by atoms with van der Waals surface area (Å²) in [6.45, 7) is 11.0. The Morgan fingerprint density at radius 3 is 2.75 bits per heavy atom. The Morgan fingerprint density at radius 1 is 1.31 bits per heavy atom. The second kappa shape index (κ2) is 6.73. The van der Waals surface area contributed by atoms with Crippen molar-refractivity contribution in [3.05, 3.63) is 36.0 Å². The normalized spacial score (nSPS) is 29.4. The second-order valence-electron chi connectivity index (χ2n) is 5.43. The fraction of sp³-hybridized carbons (Fsp3) is 0.625. The van der Waals surface area contributed by atoms with E-state index in [1.807, 2.05) is 0 Å². The Bertz CT molecular complexity index is 278. The summed E-state index contributed by atoms with van der Waals surface area (Å²) in [5.74, 6) is 1.61. The van der Waals surface area contributed by atoms with Crippen LogP contribution >= 0.6 is 0 Å². The summed E-state index contributed by atoms with van der Waals surface area (Å²) in [4.78, 5) is 0. The molecule has 0 amide bonds. The van der Waals surface area contributed by atoms with Crippen molar-refractivity contribution >= 4 is 0 Å². The topological polar surface area (TPSA) is 0 Å². The molecule has 0 N–H and O–H groups in total. The van der Waals surface area contributed by atoms with Gasteiger partial charge < -0.3 is 0 Å². The molecule has 1 rings (SSSR count). The predicted octanol–water partition coefficient (Wildman–Crippen LogP) is 5.28. The van der Waals surface area contributed by atoms with E-state index >= 15 is 0 Å². The van der Waals surface area contributed by atoms with Crippen molar-refractivity contribution in [1.29, 1.82) is 0 Å². The molecule has 1 aliphatic rings. The maximum Gasteiger partial charge on any atom is -0.0250 e. The minimum Gasteiger partial charge on any atom is -0.0958 e. The lowest BCUT2D eigenvalue weighted by atomic mass is 9.87. The molecule has 1 aliphatic carbocycles. The lowest BCUT2D eigenvalue weighted by Gasteiger charge is -2.19. The molecule has 0 aromatic heterocycles. The van der Waals surface area contributed by atoms with Crippen LogP contribution in [-0.4, -0.2) is 0 Å². The van der Waals surface area contributed by atoms with Crippen LogP contribution in [0.4, 0.5) is 0 Å². The highest BCUT2D eigenvalue weighted by Gasteiger charge is 2.12. The van der Waals surface area contributed by atoms with Crippen molar-refractivity contribution in [2.75, 3.05) is 0 Å². The molecule has 0 nitrogen and oxygen atoms in total. The van der Waals surface area contributed by atoms with Gasteiger partial charge in [-0.25, -0.2) is 0 Å². The summed E-state index contributed by atoms with van der Waals surface area (Å²) >= 11 is 0. The van der Waals surface area contributed by atoms with Crippen molar-refractivity contribution in [3.8, 4) is 0 Å². The fourth-order valence-corrected chi connectivity index (χ4v) is 2.24. The molecule has 0 fully saturated rings. The van der Waals surface area contributed by atoms with Crippen LogP contribution in [0.5, 0.6) is 0 Å². The smallest absolute Gasteiger partial charge is 0.0250 e. The van der Waals surface area contributed by atoms with Gasteiger partial charge in [0.05, 0.1) is 0 Å². The largest absolute Gasteiger partial charge is 0.0958 e. The Labute approximate surface area is 101 Å². The maximum atomic E-state index is 4.10. The second-order valence-corrected chi connectivity index (χ2v) is 5.43. The Morgan fingerprint density at radius 2 is 2.06 bits per heavy atom. The average molecular weight is 218 g/mol. The third-order valence-electron chi connectivity index (χ3n) is 3.60. The highest BCUT2D eigenvalue weighted by Crippen LogP contribution is 2.25. The van der Waals surface area contributed by atoms with Crippen molar-refractivity contribution in [2.45, 2.75) is 52.9 Å². The van der Waals surface area contributed by atoms with E-state index < -0.39 is 0 Å². The monoisotopic (exact) mass is 218 g/mol. The van der Waals surface area contributed by atoms with Gasteiger partial charge in [0.1, 0.15) is 0 Å². The average Bonchev–Trinajstić information content (AvgIpc) is 2.24. The molecule has 0 saturated heterocycles. The van der Waals surface area contributed by atoms with Gasteiger partial charge in [-0.15, -0.1) is 0 Å². The molecular formula is C16H26. The van der Waals surface area contributed by atoms with Gasteiger partial charge in [0, 0.05) is 0 Å². The van der Waals surface area contributed by atoms with Gasteiger partial charge in [0.15, 0.2) is 0 Å². The first kappa shape index (κ1) is 13.3. The Kier molecular flexibility index (Phi) is 5.59. The van der Waals surface area contributed by atoms with Crippen molar-refractivity contribution in [1.82, 2.24) is 0 Å². The molecule has 0 aromatic carbocycles. The number of allylic oxidation sites excluding steroid dienone is 5. The van der Waals surface area contributed by atoms with E-state index in [9.17, 15) is 0 Å². The van der Waals surface area contributed by atoms with Gasteiger partial charge in [-0.2, -0.15) is 0 Å². The van der Waals surface area contributed by atoms with Crippen LogP contribution in [0.25, 0.3) is 0 Å². The maximum absolute atomic E-state index is 4.10. The van der Waals surface area contributed by atoms with Crippen LogP contribution in [0, 0.1) is 11.8 Å². The van der Waals surface area contributed by atoms with Gasteiger partial charge in [-0.3, -0.25) is 0 Å². The van der Waals surface area contributed by atoms with Gasteiger partial charge >= 0.3 is 0 Å². The molecule has 0 spiro atoms. The van der Waals surface area contributed by atoms with Gasteiger partial charge in [-0.05, 0) is 50.9 Å². The quantitative estimate of drug-likeness (QED) is 0.525. The summed E-state index contributed by atoms with van der Waals surface area (Å²) in [6, 6.07) is 0. The molecule has 0 aliphatic heterocycles. The highest BCUT2D eigenvalue weighted by molar-refractivity contribution is 5.16. The Balaban J connectivity index is 2.68. The van der Waals surface area contributed by atoms with E-state index in [0.717, 1.165) is 24.7 Å². The molecule has 16 heavy (non-hydrogen) atoms. The van der Waals surface area contributed by atoms with Crippen LogP contribution in [0.3, 0.4) is 0 Å². The van der Waals surface area contributed by atoms with Gasteiger partial charge in [-0.1, -0.05) is 49.8 Å². The molecule has 0 heterocycles. The van der Waals surface area contributed by atoms with Crippen LogP contribution < -0.4 is 0 Å². The highest BCUT2D eigenvalue weighted by atomic mass is 14.2. The van der Waals surface area contributed by atoms with Crippen LogP contribution in [0.15, 0.2) is 36.0 Å². The van der Waals surface area contributed by atoms with E-state index in [1.165, 1.54) is 24.8 Å². The summed E-state index contributed by atoms with van der Waals surface area (Å²) in [5, 5.41) is 0. The van der Waals surface area contributed by atoms with E-state index in [1.54, 1.807) is 5.57 Å². The third kappa shape index (κ3) is 4.83. The third-order valence-corrected chi connectivity index (χ3v) is 3.60. The molecule has 0 aromatic rings. The standard InChI is InChI=1S/C16H26/c1-13(2)16-10-6-9-14(3)7-5-8-15(4)11-12-16/h6,8-9,13,16H,3,5,7,10-12H2,1-2,4H3/b9-6-,15-8+/t16-/m0/s1. The molecule has 0 radical (unpaired) electrons. The van der Waals surface area contributed by atoms with Crippen molar-refractivity contribution < 1.29 is 0 Å². The Hall–Kier alpha value is -0.780. The molecule has 0 heteroatoms. The van der Waals surface area contributed by atoms with E-state index in [4.69, 9.17) is 0 Å². The lowest BCUT2D eigenvalue weighted by Crippen LogP contribution is -2.07. The van der Waals surface area contributed by atoms with Crippen LogP contribution in [0.1, 0.15) is 52.9 Å². The van der Waals surface area contributed by atoms with Crippen LogP contribution in [0.2, 0.25) is 0 Å². The van der Waals surface area contributed by atoms with E-state index in [2.05, 4.69) is 45.6 Å². The first-order chi connectivity index (χ1) is 7.59. The van der Waals surface area contributed by atoms with Gasteiger partial charge in [0.25, 0.3) is 0 Å². The summed E-state index contributed by atoms with van der Waals surface area (Å²) in [7, 11) is 0. The fourth-order valence-electron chi connectivity index (χ4n) is 2.24. The zero-order chi connectivity index (χ0) is 12.0. The minimum absolute atomic E-state index is 0.784. The minimum atomic E-state index is 0.784. The first-order valence-electron chi connectivity index (χ1n) is 6.59. The van der Waals surface area contributed by atoms with Crippen molar-refractivity contribution in [3.63, 3.8) is 0 Å². The molecule has 90 valence electrons. The summed E-state index contributed by atoms with van der Waals surface area (Å²) in [6.07, 6.45) is 13.0. The molecule has 1 atom stereocenters. The number of hydrogen-bond donors (Lipinski definition) is 0. The lowest BCUT2D eigenvalue weighted by molar-refractivity contribution is 0.363. The molecule has 0 bridgehead atoms. The summed E-state index contributed by atoms with van der Waals surface area (Å²) < 4.78 is 0. The van der Waals surface area contributed by atoms with Crippen LogP contribution in [-0.2, 0) is 0 Å². The summed E-state index contributed by atoms with van der Waals surface area (Å²) in [5.41, 5.74) is 2.83. The predicted molar refractivity (Wildman–Crippen MR) is 73.5 cm³/mol. The first-order valence-corrected chi connectivity index (χ1v) is 6.59. The van der Waals surface area contributed by atoms with Gasteiger partial charge in [0.2, 0.25) is 0 Å². The SMILES string of the molecule is C=C1/C=C\C[C@H](C(C)C)CC/C(C)=C/CC1. The van der Waals surface area contributed by atoms with Crippen molar-refractivity contribution in [2.24, 2.45) is 11.8 Å². The zero-order valence-electron chi connectivity index (χ0n) is 11.1. The number of rotatable bonds is 1. The molecule has 0 unspecified atom stereocenters. The molecule has 0 saturated carbocycles. The number of hydrogen-bond acceptors (Lipinski definition) is 0. The van der Waals surface area contributed by atoms with E-state index in [0.29, 0.717) is 0 Å².